The Morgan fingerprint density at radius 2 is 1.88 bits per heavy atom. The first-order valence-corrected chi connectivity index (χ1v) is 9.54. The highest BCUT2D eigenvalue weighted by atomic mass is 32.2. The van der Waals surface area contributed by atoms with E-state index in [0.717, 1.165) is 6.07 Å². The van der Waals surface area contributed by atoms with Crippen molar-refractivity contribution < 1.29 is 22.3 Å². The molecule has 0 saturated carbocycles. The van der Waals surface area contributed by atoms with Gasteiger partial charge in [-0.2, -0.15) is 4.72 Å². The molecule has 1 unspecified atom stereocenters. The van der Waals surface area contributed by atoms with Crippen molar-refractivity contribution in [2.75, 3.05) is 18.6 Å². The van der Waals surface area contributed by atoms with Gasteiger partial charge in [0.15, 0.2) is 0 Å². The minimum Gasteiger partial charge on any atom is -0.497 e. The first kappa shape index (κ1) is 18.3. The first-order valence-electron chi connectivity index (χ1n) is 8.06. The molecule has 3 rings (SSSR count). The Balaban J connectivity index is 1.76. The number of carbonyl (C=O) groups excluding carboxylic acids is 1. The third kappa shape index (κ3) is 3.56. The third-order valence-corrected chi connectivity index (χ3v) is 5.80. The molecule has 2 aromatic rings. The Bertz CT molecular complexity index is 929. The summed E-state index contributed by atoms with van der Waals surface area (Å²) in [5, 5.41) is 0. The van der Waals surface area contributed by atoms with Crippen molar-refractivity contribution in [1.29, 1.82) is 0 Å². The number of carbonyl (C=O) groups is 1. The van der Waals surface area contributed by atoms with Crippen LogP contribution in [0.4, 0.5) is 10.1 Å². The fourth-order valence-corrected chi connectivity index (χ4v) is 4.16. The summed E-state index contributed by atoms with van der Waals surface area (Å²) in [5.74, 6) is -0.131. The van der Waals surface area contributed by atoms with Crippen LogP contribution in [0.3, 0.4) is 0 Å². The fourth-order valence-electron chi connectivity index (χ4n) is 2.85. The average Bonchev–Trinajstić information content (AvgIpc) is 2.97. The molecule has 1 amide bonds. The molecule has 0 aliphatic carbocycles. The van der Waals surface area contributed by atoms with Crippen molar-refractivity contribution in [1.82, 2.24) is 4.72 Å². The van der Waals surface area contributed by atoms with Crippen LogP contribution in [0.2, 0.25) is 0 Å². The zero-order valence-electron chi connectivity index (χ0n) is 14.4. The maximum Gasteiger partial charge on any atom is 0.245 e. The highest BCUT2D eigenvalue weighted by Crippen LogP contribution is 2.25. The van der Waals surface area contributed by atoms with Crippen LogP contribution < -0.4 is 14.4 Å². The van der Waals surface area contributed by atoms with Crippen molar-refractivity contribution >= 4 is 21.6 Å². The van der Waals surface area contributed by atoms with Gasteiger partial charge in [0.1, 0.15) is 17.6 Å². The second kappa shape index (κ2) is 7.05. The van der Waals surface area contributed by atoms with Crippen molar-refractivity contribution in [2.24, 2.45) is 0 Å². The van der Waals surface area contributed by atoms with Crippen LogP contribution in [0.15, 0.2) is 47.4 Å². The van der Waals surface area contributed by atoms with E-state index in [1.165, 1.54) is 24.0 Å². The van der Waals surface area contributed by atoms with Crippen molar-refractivity contribution in [2.45, 2.75) is 24.3 Å². The number of anilines is 1. The maximum absolute atomic E-state index is 13.4. The van der Waals surface area contributed by atoms with Crippen LogP contribution in [0.5, 0.6) is 5.75 Å². The third-order valence-electron chi connectivity index (χ3n) is 4.33. The zero-order valence-corrected chi connectivity index (χ0v) is 15.2. The van der Waals surface area contributed by atoms with E-state index in [1.54, 1.807) is 31.4 Å². The van der Waals surface area contributed by atoms with Gasteiger partial charge in [0.05, 0.1) is 12.0 Å². The molecule has 1 aliphatic rings. The fraction of sp³-hybridized carbons (Fsp3) is 0.278. The van der Waals surface area contributed by atoms with Gasteiger partial charge >= 0.3 is 0 Å². The summed E-state index contributed by atoms with van der Waals surface area (Å²) in [6, 6.07) is 9.65. The number of benzene rings is 2. The number of aryl methyl sites for hydroxylation is 1. The molecule has 1 heterocycles. The molecule has 8 heteroatoms. The van der Waals surface area contributed by atoms with Crippen LogP contribution in [-0.2, 0) is 14.8 Å². The Kier molecular flexibility index (Phi) is 4.97. The zero-order chi connectivity index (χ0) is 18.9. The molecule has 1 N–H and O–H groups in total. The van der Waals surface area contributed by atoms with Gasteiger partial charge in [-0.3, -0.25) is 4.79 Å². The smallest absolute Gasteiger partial charge is 0.245 e. The minimum atomic E-state index is -3.92. The summed E-state index contributed by atoms with van der Waals surface area (Å²) in [7, 11) is -2.36. The number of rotatable bonds is 5. The molecule has 0 bridgehead atoms. The Hall–Kier alpha value is -2.45. The van der Waals surface area contributed by atoms with Crippen LogP contribution in [0.1, 0.15) is 12.0 Å². The number of sulfonamides is 1. The minimum absolute atomic E-state index is 0.0629. The van der Waals surface area contributed by atoms with Gasteiger partial charge in [-0.15, -0.1) is 0 Å². The van der Waals surface area contributed by atoms with Crippen LogP contribution in [-0.4, -0.2) is 34.0 Å². The molecule has 0 spiro atoms. The molecule has 0 radical (unpaired) electrons. The SMILES string of the molecule is COc1ccc(N2CCC(NS(=O)(=O)c3ccc(F)c(C)c3)C2=O)cc1. The van der Waals surface area contributed by atoms with Crippen LogP contribution >= 0.6 is 0 Å². The van der Waals surface area contributed by atoms with Gasteiger partial charge in [0, 0.05) is 12.2 Å². The lowest BCUT2D eigenvalue weighted by atomic mass is 10.2. The number of hydrogen-bond acceptors (Lipinski definition) is 4. The number of nitrogens with one attached hydrogen (secondary N) is 1. The molecule has 2 aromatic carbocycles. The highest BCUT2D eigenvalue weighted by Gasteiger charge is 2.35. The lowest BCUT2D eigenvalue weighted by Gasteiger charge is -2.17. The van der Waals surface area contributed by atoms with Crippen molar-refractivity contribution in [3.05, 3.63) is 53.8 Å². The predicted octanol–water partition coefficient (Wildman–Crippen LogP) is 2.23. The Morgan fingerprint density at radius 1 is 1.19 bits per heavy atom. The van der Waals surface area contributed by atoms with E-state index >= 15 is 0 Å². The number of hydrogen-bond donors (Lipinski definition) is 1. The Labute approximate surface area is 151 Å². The number of methoxy groups -OCH3 is 1. The van der Waals surface area contributed by atoms with E-state index in [4.69, 9.17) is 4.74 Å². The van der Waals surface area contributed by atoms with Gasteiger partial charge in [-0.05, 0) is 61.4 Å². The molecule has 1 atom stereocenters. The van der Waals surface area contributed by atoms with Crippen molar-refractivity contribution in [3.8, 4) is 5.75 Å². The number of halogens is 1. The summed E-state index contributed by atoms with van der Waals surface area (Å²) >= 11 is 0. The van der Waals surface area contributed by atoms with Crippen molar-refractivity contribution in [3.63, 3.8) is 0 Å². The largest absolute Gasteiger partial charge is 0.497 e. The molecule has 138 valence electrons. The van der Waals surface area contributed by atoms with E-state index in [2.05, 4.69) is 4.72 Å². The maximum atomic E-state index is 13.4. The molecule has 26 heavy (non-hydrogen) atoms. The van der Waals surface area contributed by atoms with Gasteiger partial charge in [0.25, 0.3) is 0 Å². The molecular weight excluding hydrogens is 359 g/mol. The summed E-state index contributed by atoms with van der Waals surface area (Å²) in [5.41, 5.74) is 0.903. The average molecular weight is 378 g/mol. The molecule has 1 saturated heterocycles. The highest BCUT2D eigenvalue weighted by molar-refractivity contribution is 7.89. The van der Waals surface area contributed by atoms with Gasteiger partial charge in [0.2, 0.25) is 15.9 Å². The quantitative estimate of drug-likeness (QED) is 0.866. The lowest BCUT2D eigenvalue weighted by Crippen LogP contribution is -2.41. The van der Waals surface area contributed by atoms with E-state index < -0.39 is 21.9 Å². The normalized spacial score (nSPS) is 17.6. The summed E-state index contributed by atoms with van der Waals surface area (Å²) in [6.07, 6.45) is 0.351. The molecule has 1 aliphatic heterocycles. The first-order chi connectivity index (χ1) is 12.3. The van der Waals surface area contributed by atoms with Gasteiger partial charge in [-0.1, -0.05) is 0 Å². The van der Waals surface area contributed by atoms with E-state index in [9.17, 15) is 17.6 Å². The Morgan fingerprint density at radius 3 is 2.50 bits per heavy atom. The number of amides is 1. The molecular formula is C18H19FN2O4S. The monoisotopic (exact) mass is 378 g/mol. The summed E-state index contributed by atoms with van der Waals surface area (Å²) in [6.45, 7) is 1.89. The second-order valence-corrected chi connectivity index (χ2v) is 7.78. The molecule has 0 aromatic heterocycles. The van der Waals surface area contributed by atoms with E-state index in [0.29, 0.717) is 24.4 Å². The molecule has 1 fully saturated rings. The lowest BCUT2D eigenvalue weighted by molar-refractivity contribution is -0.118. The van der Waals surface area contributed by atoms with Gasteiger partial charge < -0.3 is 9.64 Å². The van der Waals surface area contributed by atoms with Crippen LogP contribution in [0, 0.1) is 12.7 Å². The van der Waals surface area contributed by atoms with E-state index in [1.807, 2.05) is 0 Å². The van der Waals surface area contributed by atoms with Gasteiger partial charge in [-0.25, -0.2) is 12.8 Å². The summed E-state index contributed by atoms with van der Waals surface area (Å²) < 4.78 is 45.9. The van der Waals surface area contributed by atoms with Crippen LogP contribution in [0.25, 0.3) is 0 Å². The van der Waals surface area contributed by atoms with E-state index in [-0.39, 0.29) is 16.4 Å². The topological polar surface area (TPSA) is 75.7 Å². The number of ether oxygens (including phenoxy) is 1. The molecule has 6 nitrogen and oxygen atoms in total. The summed E-state index contributed by atoms with van der Waals surface area (Å²) in [4.78, 5) is 14.1. The predicted molar refractivity (Wildman–Crippen MR) is 95.2 cm³/mol. The second-order valence-electron chi connectivity index (χ2n) is 6.06. The number of nitrogens with zero attached hydrogens (tertiary/aromatic N) is 1. The standard InChI is InChI=1S/C18H19FN2O4S/c1-12-11-15(7-8-16(12)19)26(23,24)20-17-9-10-21(18(17)22)13-3-5-14(25-2)6-4-13/h3-8,11,17,20H,9-10H2,1-2H3.